The van der Waals surface area contributed by atoms with Gasteiger partial charge in [0.2, 0.25) is 0 Å². The SMILES string of the molecule is COc1cc(OC)c(/C=C/c2ccnc3c(O)cccc23)c(OC)c1. The fourth-order valence-electron chi connectivity index (χ4n) is 2.70. The number of hydrogen-bond donors (Lipinski definition) is 1. The molecule has 128 valence electrons. The van der Waals surface area contributed by atoms with Gasteiger partial charge in [0.25, 0.3) is 0 Å². The first-order valence-corrected chi connectivity index (χ1v) is 7.72. The average molecular weight is 337 g/mol. The van der Waals surface area contributed by atoms with Crippen LogP contribution in [0, 0.1) is 0 Å². The lowest BCUT2D eigenvalue weighted by atomic mass is 10.1. The molecule has 5 nitrogen and oxygen atoms in total. The van der Waals surface area contributed by atoms with Crippen LogP contribution in [-0.4, -0.2) is 31.4 Å². The van der Waals surface area contributed by atoms with E-state index < -0.39 is 0 Å². The van der Waals surface area contributed by atoms with Crippen LogP contribution >= 0.6 is 0 Å². The van der Waals surface area contributed by atoms with Gasteiger partial charge in [0.1, 0.15) is 28.5 Å². The maximum absolute atomic E-state index is 9.96. The second-order valence-corrected chi connectivity index (χ2v) is 5.35. The molecule has 1 N–H and O–H groups in total. The Kier molecular flexibility index (Phi) is 4.75. The Bertz CT molecular complexity index is 909. The Labute approximate surface area is 146 Å². The highest BCUT2D eigenvalue weighted by Crippen LogP contribution is 2.36. The minimum atomic E-state index is 0.160. The summed E-state index contributed by atoms with van der Waals surface area (Å²) in [6.45, 7) is 0. The van der Waals surface area contributed by atoms with Crippen molar-refractivity contribution in [2.24, 2.45) is 0 Å². The molecule has 0 aliphatic heterocycles. The average Bonchev–Trinajstić information content (AvgIpc) is 2.66. The van der Waals surface area contributed by atoms with E-state index in [0.29, 0.717) is 22.8 Å². The zero-order valence-electron chi connectivity index (χ0n) is 14.3. The molecule has 2 aromatic carbocycles. The molecular formula is C20H19NO4. The van der Waals surface area contributed by atoms with Crippen molar-refractivity contribution in [3.05, 3.63) is 53.7 Å². The third-order valence-electron chi connectivity index (χ3n) is 3.97. The van der Waals surface area contributed by atoms with Crippen LogP contribution in [0.4, 0.5) is 0 Å². The summed E-state index contributed by atoms with van der Waals surface area (Å²) < 4.78 is 16.2. The zero-order chi connectivity index (χ0) is 17.8. The maximum Gasteiger partial charge on any atom is 0.141 e. The fraction of sp³-hybridized carbons (Fsp3) is 0.150. The number of pyridine rings is 1. The molecule has 3 rings (SSSR count). The van der Waals surface area contributed by atoms with Crippen LogP contribution in [0.3, 0.4) is 0 Å². The predicted molar refractivity (Wildman–Crippen MR) is 98.4 cm³/mol. The molecule has 0 bridgehead atoms. The van der Waals surface area contributed by atoms with Gasteiger partial charge in [-0.15, -0.1) is 0 Å². The molecule has 25 heavy (non-hydrogen) atoms. The van der Waals surface area contributed by atoms with Crippen molar-refractivity contribution in [2.45, 2.75) is 0 Å². The fourth-order valence-corrected chi connectivity index (χ4v) is 2.70. The Morgan fingerprint density at radius 1 is 0.920 bits per heavy atom. The number of nitrogens with zero attached hydrogens (tertiary/aromatic N) is 1. The van der Waals surface area contributed by atoms with Crippen molar-refractivity contribution in [3.8, 4) is 23.0 Å². The number of fused-ring (bicyclic) bond motifs is 1. The molecule has 0 radical (unpaired) electrons. The summed E-state index contributed by atoms with van der Waals surface area (Å²) >= 11 is 0. The highest BCUT2D eigenvalue weighted by atomic mass is 16.5. The third kappa shape index (κ3) is 3.21. The van der Waals surface area contributed by atoms with Gasteiger partial charge in [-0.2, -0.15) is 0 Å². The minimum absolute atomic E-state index is 0.160. The number of methoxy groups -OCH3 is 3. The van der Waals surface area contributed by atoms with Crippen molar-refractivity contribution in [1.82, 2.24) is 4.98 Å². The lowest BCUT2D eigenvalue weighted by molar-refractivity contribution is 0.374. The molecule has 0 atom stereocenters. The van der Waals surface area contributed by atoms with Crippen LogP contribution in [0.1, 0.15) is 11.1 Å². The number of phenolic OH excluding ortho intramolecular Hbond substituents is 1. The van der Waals surface area contributed by atoms with Crippen LogP contribution in [-0.2, 0) is 0 Å². The zero-order valence-corrected chi connectivity index (χ0v) is 14.3. The molecule has 0 aliphatic carbocycles. The monoisotopic (exact) mass is 337 g/mol. The highest BCUT2D eigenvalue weighted by Gasteiger charge is 2.11. The first-order chi connectivity index (χ1) is 12.2. The number of benzene rings is 2. The number of hydrogen-bond acceptors (Lipinski definition) is 5. The van der Waals surface area contributed by atoms with Crippen LogP contribution in [0.2, 0.25) is 0 Å². The van der Waals surface area contributed by atoms with E-state index in [9.17, 15) is 5.11 Å². The number of aromatic nitrogens is 1. The number of ether oxygens (including phenoxy) is 3. The molecule has 3 aromatic rings. The van der Waals surface area contributed by atoms with Gasteiger partial charge in [-0.05, 0) is 23.8 Å². The van der Waals surface area contributed by atoms with E-state index in [2.05, 4.69) is 4.98 Å². The summed E-state index contributed by atoms with van der Waals surface area (Å²) in [5.74, 6) is 2.11. The summed E-state index contributed by atoms with van der Waals surface area (Å²) in [6.07, 6.45) is 5.52. The van der Waals surface area contributed by atoms with Crippen molar-refractivity contribution in [1.29, 1.82) is 0 Å². The summed E-state index contributed by atoms with van der Waals surface area (Å²) in [5, 5.41) is 10.8. The molecule has 0 saturated heterocycles. The summed E-state index contributed by atoms with van der Waals surface area (Å²) in [7, 11) is 4.80. The number of phenols is 1. The molecule has 1 heterocycles. The van der Waals surface area contributed by atoms with Crippen LogP contribution in [0.5, 0.6) is 23.0 Å². The topological polar surface area (TPSA) is 60.8 Å². The molecule has 0 fully saturated rings. The normalized spacial score (nSPS) is 11.0. The quantitative estimate of drug-likeness (QED) is 0.758. The van der Waals surface area contributed by atoms with E-state index in [1.54, 1.807) is 51.8 Å². The van der Waals surface area contributed by atoms with E-state index >= 15 is 0 Å². The summed E-state index contributed by atoms with van der Waals surface area (Å²) in [4.78, 5) is 4.24. The van der Waals surface area contributed by atoms with E-state index in [1.165, 1.54) is 0 Å². The Morgan fingerprint density at radius 3 is 2.28 bits per heavy atom. The van der Waals surface area contributed by atoms with Crippen molar-refractivity contribution < 1.29 is 19.3 Å². The lowest BCUT2D eigenvalue weighted by Crippen LogP contribution is -1.94. The molecule has 0 unspecified atom stereocenters. The van der Waals surface area contributed by atoms with E-state index in [0.717, 1.165) is 16.5 Å². The first-order valence-electron chi connectivity index (χ1n) is 7.72. The third-order valence-corrected chi connectivity index (χ3v) is 3.97. The van der Waals surface area contributed by atoms with Gasteiger partial charge >= 0.3 is 0 Å². The highest BCUT2D eigenvalue weighted by molar-refractivity contribution is 5.94. The molecule has 0 saturated carbocycles. The van der Waals surface area contributed by atoms with E-state index in [4.69, 9.17) is 14.2 Å². The van der Waals surface area contributed by atoms with Crippen LogP contribution in [0.25, 0.3) is 23.1 Å². The van der Waals surface area contributed by atoms with Gasteiger partial charge in [-0.1, -0.05) is 18.2 Å². The predicted octanol–water partition coefficient (Wildman–Crippen LogP) is 4.14. The Morgan fingerprint density at radius 2 is 1.64 bits per heavy atom. The van der Waals surface area contributed by atoms with Gasteiger partial charge in [0, 0.05) is 23.7 Å². The number of aromatic hydroxyl groups is 1. The Hall–Kier alpha value is -3.21. The number of rotatable bonds is 5. The van der Waals surface area contributed by atoms with Crippen molar-refractivity contribution in [2.75, 3.05) is 21.3 Å². The second-order valence-electron chi connectivity index (χ2n) is 5.35. The van der Waals surface area contributed by atoms with Gasteiger partial charge in [-0.25, -0.2) is 0 Å². The number of para-hydroxylation sites is 1. The first kappa shape index (κ1) is 16.6. The standard InChI is InChI=1S/C20H19NO4/c1-23-14-11-18(24-2)16(19(12-14)25-3)8-7-13-9-10-21-20-15(13)5-4-6-17(20)22/h4-12,22H,1-3H3/b8-7+. The van der Waals surface area contributed by atoms with Crippen LogP contribution in [0.15, 0.2) is 42.6 Å². The smallest absolute Gasteiger partial charge is 0.141 e. The minimum Gasteiger partial charge on any atom is -0.506 e. The largest absolute Gasteiger partial charge is 0.506 e. The lowest BCUT2D eigenvalue weighted by Gasteiger charge is -2.12. The van der Waals surface area contributed by atoms with Crippen molar-refractivity contribution >= 4 is 23.1 Å². The van der Waals surface area contributed by atoms with Gasteiger partial charge in [0.15, 0.2) is 0 Å². The Balaban J connectivity index is 2.10. The summed E-state index contributed by atoms with van der Waals surface area (Å²) in [6, 6.07) is 10.8. The molecule has 0 aliphatic rings. The van der Waals surface area contributed by atoms with E-state index in [-0.39, 0.29) is 5.75 Å². The molecule has 5 heteroatoms. The van der Waals surface area contributed by atoms with E-state index in [1.807, 2.05) is 24.3 Å². The molecule has 1 aromatic heterocycles. The molecular weight excluding hydrogens is 318 g/mol. The summed E-state index contributed by atoms with van der Waals surface area (Å²) in [5.41, 5.74) is 2.30. The maximum atomic E-state index is 9.96. The van der Waals surface area contributed by atoms with Crippen LogP contribution < -0.4 is 14.2 Å². The molecule has 0 spiro atoms. The van der Waals surface area contributed by atoms with Gasteiger partial charge in [0.05, 0.1) is 26.9 Å². The second kappa shape index (κ2) is 7.13. The van der Waals surface area contributed by atoms with Crippen molar-refractivity contribution in [3.63, 3.8) is 0 Å². The molecule has 0 amide bonds. The van der Waals surface area contributed by atoms with Gasteiger partial charge in [-0.3, -0.25) is 4.98 Å². The van der Waals surface area contributed by atoms with Gasteiger partial charge < -0.3 is 19.3 Å².